The molecule has 2 amide bonds. The summed E-state index contributed by atoms with van der Waals surface area (Å²) in [4.78, 5) is 29.9. The molecule has 33 heavy (non-hydrogen) atoms. The highest BCUT2D eigenvalue weighted by Crippen LogP contribution is 2.26. The minimum absolute atomic E-state index is 0.0724. The molecule has 0 saturated carbocycles. The van der Waals surface area contributed by atoms with Crippen molar-refractivity contribution in [1.29, 1.82) is 0 Å². The van der Waals surface area contributed by atoms with E-state index in [1.807, 2.05) is 53.4 Å². The first-order valence-electron chi connectivity index (χ1n) is 10.6. The molecular weight excluding hydrogens is 422 g/mol. The molecule has 3 aromatic rings. The molecule has 170 valence electrons. The Morgan fingerprint density at radius 1 is 1.18 bits per heavy atom. The van der Waals surface area contributed by atoms with Crippen LogP contribution < -0.4 is 10.6 Å². The fourth-order valence-corrected chi connectivity index (χ4v) is 3.46. The highest BCUT2D eigenvalue weighted by Gasteiger charge is 2.23. The van der Waals surface area contributed by atoms with Gasteiger partial charge in [0.1, 0.15) is 5.82 Å². The largest absolute Gasteiger partial charge is 0.383 e. The number of methoxy groups -OCH3 is 1. The van der Waals surface area contributed by atoms with Crippen molar-refractivity contribution in [3.63, 3.8) is 0 Å². The number of allylic oxidation sites excluding steroid dienone is 2. The van der Waals surface area contributed by atoms with Crippen LogP contribution in [0.25, 0.3) is 17.5 Å². The first-order valence-corrected chi connectivity index (χ1v) is 10.6. The number of imidazole rings is 1. The standard InChI is InChI=1S/C23H25N7O3/c1-15-8-9-17(10-12-30-14-18(26-21(15)30)16-6-4-3-5-7-16)25-23(32)20-19(27-29-28-20)22(31)24-11-13-33-2/h3-7,9-10,12,14-15H,8,11,13H2,1-2H3,(H,24,31)(H,25,32)(H,27,28,29). The molecule has 0 fully saturated rings. The Balaban J connectivity index is 1.50. The van der Waals surface area contributed by atoms with E-state index in [0.717, 1.165) is 17.1 Å². The van der Waals surface area contributed by atoms with Gasteiger partial charge in [-0.25, -0.2) is 4.98 Å². The fraction of sp³-hybridized carbons (Fsp3) is 0.261. The van der Waals surface area contributed by atoms with E-state index < -0.39 is 11.8 Å². The van der Waals surface area contributed by atoms with E-state index in [2.05, 4.69) is 33.0 Å². The second kappa shape index (κ2) is 10.0. The summed E-state index contributed by atoms with van der Waals surface area (Å²) in [5.74, 6) is 0.0468. The third-order valence-electron chi connectivity index (χ3n) is 5.20. The van der Waals surface area contributed by atoms with Gasteiger partial charge in [0, 0.05) is 43.2 Å². The highest BCUT2D eigenvalue weighted by atomic mass is 16.5. The number of benzene rings is 1. The van der Waals surface area contributed by atoms with Gasteiger partial charge in [-0.05, 0) is 12.5 Å². The van der Waals surface area contributed by atoms with Crippen LogP contribution in [-0.4, -0.2) is 57.0 Å². The molecule has 3 N–H and O–H groups in total. The number of fused-ring (bicyclic) bond motifs is 1. The molecule has 4 rings (SSSR count). The molecule has 1 aliphatic heterocycles. The lowest BCUT2D eigenvalue weighted by Gasteiger charge is -2.14. The molecule has 0 spiro atoms. The van der Waals surface area contributed by atoms with E-state index in [4.69, 9.17) is 9.72 Å². The second-order valence-corrected chi connectivity index (χ2v) is 7.59. The zero-order valence-electron chi connectivity index (χ0n) is 18.4. The number of ether oxygens (including phenoxy) is 1. The van der Waals surface area contributed by atoms with Crippen molar-refractivity contribution >= 4 is 18.0 Å². The van der Waals surface area contributed by atoms with Crippen molar-refractivity contribution in [1.82, 2.24) is 35.6 Å². The molecule has 1 aromatic carbocycles. The molecule has 10 heteroatoms. The van der Waals surface area contributed by atoms with Crippen LogP contribution in [0.4, 0.5) is 0 Å². The molecule has 2 aromatic heterocycles. The first-order chi connectivity index (χ1) is 16.1. The average molecular weight is 447 g/mol. The summed E-state index contributed by atoms with van der Waals surface area (Å²) in [6, 6.07) is 9.98. The van der Waals surface area contributed by atoms with Crippen LogP contribution in [0.1, 0.15) is 46.1 Å². The van der Waals surface area contributed by atoms with Crippen LogP contribution in [0.15, 0.2) is 54.4 Å². The maximum absolute atomic E-state index is 12.8. The summed E-state index contributed by atoms with van der Waals surface area (Å²) >= 11 is 0. The first kappa shape index (κ1) is 22.2. The van der Waals surface area contributed by atoms with Gasteiger partial charge in [0.05, 0.1) is 12.3 Å². The van der Waals surface area contributed by atoms with Crippen LogP contribution in [0, 0.1) is 0 Å². The molecule has 10 nitrogen and oxygen atoms in total. The SMILES string of the molecule is COCCNC(=O)c1n[nH]nc1C(=O)NC1=CCC(C)c2nc(-c3ccccc3)cn2C=C1. The Hall–Kier alpha value is -4.05. The Labute approximate surface area is 190 Å². The van der Waals surface area contributed by atoms with Gasteiger partial charge >= 0.3 is 0 Å². The minimum atomic E-state index is -0.527. The maximum Gasteiger partial charge on any atom is 0.278 e. The van der Waals surface area contributed by atoms with E-state index >= 15 is 0 Å². The smallest absolute Gasteiger partial charge is 0.278 e. The quantitative estimate of drug-likeness (QED) is 0.477. The van der Waals surface area contributed by atoms with E-state index in [1.165, 1.54) is 7.11 Å². The summed E-state index contributed by atoms with van der Waals surface area (Å²) in [5.41, 5.74) is 2.38. The topological polar surface area (TPSA) is 127 Å². The van der Waals surface area contributed by atoms with Crippen molar-refractivity contribution in [2.24, 2.45) is 0 Å². The third-order valence-corrected chi connectivity index (χ3v) is 5.20. The summed E-state index contributed by atoms with van der Waals surface area (Å²) < 4.78 is 6.88. The van der Waals surface area contributed by atoms with Crippen LogP contribution in [0.3, 0.4) is 0 Å². The number of rotatable bonds is 7. The summed E-state index contributed by atoms with van der Waals surface area (Å²) in [5, 5.41) is 15.5. The number of carbonyl (C=O) groups excluding carboxylic acids is 2. The highest BCUT2D eigenvalue weighted by molar-refractivity contribution is 6.05. The van der Waals surface area contributed by atoms with E-state index in [1.54, 1.807) is 6.08 Å². The van der Waals surface area contributed by atoms with Crippen LogP contribution in [0.5, 0.6) is 0 Å². The van der Waals surface area contributed by atoms with Crippen molar-refractivity contribution in [2.45, 2.75) is 19.3 Å². The monoisotopic (exact) mass is 447 g/mol. The Bertz CT molecular complexity index is 1190. The van der Waals surface area contributed by atoms with Crippen LogP contribution in [0.2, 0.25) is 0 Å². The molecular formula is C23H25N7O3. The molecule has 0 bridgehead atoms. The van der Waals surface area contributed by atoms with E-state index in [-0.39, 0.29) is 17.3 Å². The zero-order valence-corrected chi connectivity index (χ0v) is 18.4. The summed E-state index contributed by atoms with van der Waals surface area (Å²) in [7, 11) is 1.54. The number of nitrogens with zero attached hydrogens (tertiary/aromatic N) is 4. The number of amides is 2. The average Bonchev–Trinajstić information content (AvgIpc) is 3.48. The zero-order chi connectivity index (χ0) is 23.2. The van der Waals surface area contributed by atoms with Crippen molar-refractivity contribution in [2.75, 3.05) is 20.3 Å². The number of nitrogens with one attached hydrogen (secondary N) is 3. The van der Waals surface area contributed by atoms with Gasteiger partial charge in [-0.3, -0.25) is 9.59 Å². The predicted molar refractivity (Wildman–Crippen MR) is 122 cm³/mol. The molecule has 1 aliphatic rings. The predicted octanol–water partition coefficient (Wildman–Crippen LogP) is 2.34. The van der Waals surface area contributed by atoms with Gasteiger partial charge in [-0.2, -0.15) is 5.21 Å². The van der Waals surface area contributed by atoms with Crippen molar-refractivity contribution in [3.8, 4) is 11.3 Å². The van der Waals surface area contributed by atoms with Gasteiger partial charge in [0.2, 0.25) is 0 Å². The number of hydrogen-bond donors (Lipinski definition) is 3. The van der Waals surface area contributed by atoms with Crippen LogP contribution >= 0.6 is 0 Å². The number of aromatic nitrogens is 5. The normalized spacial score (nSPS) is 15.2. The molecule has 0 radical (unpaired) electrons. The van der Waals surface area contributed by atoms with E-state index in [0.29, 0.717) is 25.3 Å². The van der Waals surface area contributed by atoms with Gasteiger partial charge in [0.25, 0.3) is 11.8 Å². The fourth-order valence-electron chi connectivity index (χ4n) is 3.46. The Kier molecular flexibility index (Phi) is 6.75. The number of H-pyrrole nitrogens is 1. The number of aromatic amines is 1. The number of hydrogen-bond acceptors (Lipinski definition) is 6. The molecule has 1 atom stereocenters. The molecule has 0 aliphatic carbocycles. The lowest BCUT2D eigenvalue weighted by atomic mass is 10.1. The lowest BCUT2D eigenvalue weighted by Crippen LogP contribution is -2.31. The molecule has 0 saturated heterocycles. The Morgan fingerprint density at radius 2 is 1.94 bits per heavy atom. The summed E-state index contributed by atoms with van der Waals surface area (Å²) in [6.45, 7) is 2.74. The molecule has 1 unspecified atom stereocenters. The second-order valence-electron chi connectivity index (χ2n) is 7.59. The van der Waals surface area contributed by atoms with Gasteiger partial charge in [0.15, 0.2) is 11.4 Å². The lowest BCUT2D eigenvalue weighted by molar-refractivity contribution is 0.0910. The van der Waals surface area contributed by atoms with Gasteiger partial charge < -0.3 is 19.9 Å². The van der Waals surface area contributed by atoms with Gasteiger partial charge in [-0.1, -0.05) is 43.3 Å². The minimum Gasteiger partial charge on any atom is -0.383 e. The summed E-state index contributed by atoms with van der Waals surface area (Å²) in [6.07, 6.45) is 8.23. The maximum atomic E-state index is 12.8. The van der Waals surface area contributed by atoms with Crippen LogP contribution in [-0.2, 0) is 4.74 Å². The van der Waals surface area contributed by atoms with Gasteiger partial charge in [-0.15, -0.1) is 10.2 Å². The third kappa shape index (κ3) is 5.07. The molecule has 3 heterocycles. The van der Waals surface area contributed by atoms with E-state index in [9.17, 15) is 9.59 Å². The van der Waals surface area contributed by atoms with Crippen molar-refractivity contribution in [3.05, 3.63) is 71.6 Å². The Morgan fingerprint density at radius 3 is 2.70 bits per heavy atom. The van der Waals surface area contributed by atoms with Crippen molar-refractivity contribution < 1.29 is 14.3 Å². The number of carbonyl (C=O) groups is 2.